The van der Waals surface area contributed by atoms with Gasteiger partial charge in [0.1, 0.15) is 11.6 Å². The molecule has 0 bridgehead atoms. The number of pyridine rings is 1. The molecule has 1 aliphatic heterocycles. The van der Waals surface area contributed by atoms with Crippen molar-refractivity contribution in [1.82, 2.24) is 25.1 Å². The second-order valence-electron chi connectivity index (χ2n) is 6.84. The number of likely N-dealkylation sites (tertiary alicyclic amines) is 1. The van der Waals surface area contributed by atoms with E-state index < -0.39 is 0 Å². The Morgan fingerprint density at radius 2 is 2.04 bits per heavy atom. The lowest BCUT2D eigenvalue weighted by molar-refractivity contribution is 0.0713. The summed E-state index contributed by atoms with van der Waals surface area (Å²) in [6.45, 7) is 3.24. The van der Waals surface area contributed by atoms with Crippen molar-refractivity contribution in [2.24, 2.45) is 0 Å². The van der Waals surface area contributed by atoms with Crippen LogP contribution in [0.2, 0.25) is 0 Å². The Morgan fingerprint density at radius 3 is 2.70 bits per heavy atom. The third-order valence-electron chi connectivity index (χ3n) is 5.06. The zero-order valence-electron chi connectivity index (χ0n) is 15.4. The number of amides is 1. The molecule has 0 unspecified atom stereocenters. The average molecular weight is 366 g/mol. The van der Waals surface area contributed by atoms with Gasteiger partial charge in [-0.25, -0.2) is 0 Å². The summed E-state index contributed by atoms with van der Waals surface area (Å²) in [4.78, 5) is 23.8. The fourth-order valence-electron chi connectivity index (χ4n) is 3.64. The monoisotopic (exact) mass is 366 g/mol. The number of piperidine rings is 1. The summed E-state index contributed by atoms with van der Waals surface area (Å²) >= 11 is 0. The fourth-order valence-corrected chi connectivity index (χ4v) is 3.64. The van der Waals surface area contributed by atoms with E-state index in [9.17, 15) is 4.79 Å². The number of benzene rings is 1. The van der Waals surface area contributed by atoms with Crippen LogP contribution >= 0.6 is 0 Å². The number of nitrogens with one attached hydrogen (secondary N) is 1. The highest BCUT2D eigenvalue weighted by Crippen LogP contribution is 2.29. The molecule has 1 saturated heterocycles. The van der Waals surface area contributed by atoms with Crippen LogP contribution < -0.4 is 10.5 Å². The van der Waals surface area contributed by atoms with Crippen molar-refractivity contribution in [1.29, 1.82) is 0 Å². The van der Waals surface area contributed by atoms with Crippen LogP contribution in [0.5, 0.6) is 5.75 Å². The van der Waals surface area contributed by atoms with E-state index in [4.69, 9.17) is 10.5 Å². The smallest absolute Gasteiger partial charge is 0.254 e. The number of hydrogen-bond donors (Lipinski definition) is 2. The van der Waals surface area contributed by atoms with E-state index in [0.717, 1.165) is 41.0 Å². The molecule has 2 aromatic heterocycles. The molecule has 0 saturated carbocycles. The number of aryl methyl sites for hydroxylation is 1. The Kier molecular flexibility index (Phi) is 4.39. The van der Waals surface area contributed by atoms with E-state index >= 15 is 0 Å². The molecule has 1 amide bonds. The minimum absolute atomic E-state index is 0.0335. The molecule has 1 aliphatic rings. The van der Waals surface area contributed by atoms with Crippen LogP contribution in [0.25, 0.3) is 10.9 Å². The second kappa shape index (κ2) is 6.86. The van der Waals surface area contributed by atoms with Crippen molar-refractivity contribution >= 4 is 22.8 Å². The number of carbonyl (C=O) groups is 1. The van der Waals surface area contributed by atoms with Crippen LogP contribution in [0.3, 0.4) is 0 Å². The molecule has 1 fully saturated rings. The first-order chi connectivity index (χ1) is 13.0. The van der Waals surface area contributed by atoms with Gasteiger partial charge in [-0.15, -0.1) is 5.10 Å². The number of anilines is 1. The topological polar surface area (TPSA) is 110 Å². The summed E-state index contributed by atoms with van der Waals surface area (Å²) in [5, 5.41) is 7.62. The minimum Gasteiger partial charge on any atom is -0.497 e. The van der Waals surface area contributed by atoms with E-state index in [1.165, 1.54) is 0 Å². The maximum Gasteiger partial charge on any atom is 0.254 e. The van der Waals surface area contributed by atoms with Gasteiger partial charge in [-0.2, -0.15) is 4.98 Å². The number of aromatic amines is 1. The molecule has 27 heavy (non-hydrogen) atoms. The van der Waals surface area contributed by atoms with E-state index in [1.54, 1.807) is 7.11 Å². The Hall–Kier alpha value is -3.16. The lowest BCUT2D eigenvalue weighted by atomic mass is 9.95. The Bertz CT molecular complexity index is 991. The highest BCUT2D eigenvalue weighted by atomic mass is 16.5. The number of nitrogens with zero attached hydrogens (tertiary/aromatic N) is 4. The Morgan fingerprint density at radius 1 is 1.26 bits per heavy atom. The molecule has 1 aromatic carbocycles. The molecule has 3 heterocycles. The number of hydrogen-bond acceptors (Lipinski definition) is 6. The highest BCUT2D eigenvalue weighted by molar-refractivity contribution is 6.06. The SMILES string of the molecule is COc1ccc2c(C(=O)N3CCC(c4nc(N)n[nH]4)CC3)cc(C)nc2c1. The van der Waals surface area contributed by atoms with Gasteiger partial charge < -0.3 is 15.4 Å². The van der Waals surface area contributed by atoms with E-state index in [2.05, 4.69) is 20.2 Å². The van der Waals surface area contributed by atoms with Crippen molar-refractivity contribution in [2.45, 2.75) is 25.7 Å². The molecule has 3 aromatic rings. The minimum atomic E-state index is 0.0335. The zero-order valence-corrected chi connectivity index (χ0v) is 15.4. The van der Waals surface area contributed by atoms with Crippen LogP contribution in [-0.4, -0.2) is 51.2 Å². The quantitative estimate of drug-likeness (QED) is 0.736. The molecular formula is C19H22N6O2. The number of fused-ring (bicyclic) bond motifs is 1. The van der Waals surface area contributed by atoms with Gasteiger partial charge in [-0.05, 0) is 38.0 Å². The summed E-state index contributed by atoms with van der Waals surface area (Å²) in [6.07, 6.45) is 1.66. The van der Waals surface area contributed by atoms with Crippen molar-refractivity contribution in [3.8, 4) is 5.75 Å². The molecule has 140 valence electrons. The molecule has 8 heteroatoms. The molecule has 8 nitrogen and oxygen atoms in total. The van der Waals surface area contributed by atoms with Crippen LogP contribution in [0, 0.1) is 6.92 Å². The number of rotatable bonds is 3. The van der Waals surface area contributed by atoms with Gasteiger partial charge in [0.25, 0.3) is 5.91 Å². The Labute approximate surface area is 156 Å². The largest absolute Gasteiger partial charge is 0.497 e. The first-order valence-electron chi connectivity index (χ1n) is 8.97. The number of nitrogen functional groups attached to an aromatic ring is 1. The lowest BCUT2D eigenvalue weighted by Crippen LogP contribution is -2.38. The van der Waals surface area contributed by atoms with Gasteiger partial charge in [0.05, 0.1) is 18.2 Å². The number of nitrogens with two attached hydrogens (primary N) is 1. The zero-order chi connectivity index (χ0) is 19.0. The van der Waals surface area contributed by atoms with Crippen molar-refractivity contribution in [2.75, 3.05) is 25.9 Å². The van der Waals surface area contributed by atoms with Gasteiger partial charge in [0.2, 0.25) is 5.95 Å². The van der Waals surface area contributed by atoms with Crippen molar-refractivity contribution in [3.63, 3.8) is 0 Å². The number of carbonyl (C=O) groups excluding carboxylic acids is 1. The molecule has 3 N–H and O–H groups in total. The third kappa shape index (κ3) is 3.30. The lowest BCUT2D eigenvalue weighted by Gasteiger charge is -2.31. The van der Waals surface area contributed by atoms with Crippen LogP contribution in [0.4, 0.5) is 5.95 Å². The Balaban J connectivity index is 1.56. The molecule has 0 spiro atoms. The first kappa shape index (κ1) is 17.3. The van der Waals surface area contributed by atoms with Crippen LogP contribution in [-0.2, 0) is 0 Å². The molecular weight excluding hydrogens is 344 g/mol. The highest BCUT2D eigenvalue weighted by Gasteiger charge is 2.27. The molecule has 0 aliphatic carbocycles. The maximum absolute atomic E-state index is 13.2. The van der Waals surface area contributed by atoms with Gasteiger partial charge in [-0.3, -0.25) is 14.9 Å². The molecule has 0 radical (unpaired) electrons. The van der Waals surface area contributed by atoms with Crippen molar-refractivity contribution < 1.29 is 9.53 Å². The summed E-state index contributed by atoms with van der Waals surface area (Å²) in [6, 6.07) is 7.48. The maximum atomic E-state index is 13.2. The second-order valence-corrected chi connectivity index (χ2v) is 6.84. The van der Waals surface area contributed by atoms with E-state index in [0.29, 0.717) is 18.7 Å². The van der Waals surface area contributed by atoms with E-state index in [1.807, 2.05) is 36.1 Å². The standard InChI is InChI=1S/C19H22N6O2/c1-11-9-15(14-4-3-13(27-2)10-16(14)21-11)18(26)25-7-5-12(6-8-25)17-22-19(20)24-23-17/h3-4,9-10,12H,5-8H2,1-2H3,(H3,20,22,23,24). The number of ether oxygens (including phenoxy) is 1. The predicted molar refractivity (Wildman–Crippen MR) is 102 cm³/mol. The fraction of sp³-hybridized carbons (Fsp3) is 0.368. The first-order valence-corrected chi connectivity index (χ1v) is 8.97. The van der Waals surface area contributed by atoms with Gasteiger partial charge in [0.15, 0.2) is 0 Å². The van der Waals surface area contributed by atoms with Crippen LogP contribution in [0.15, 0.2) is 24.3 Å². The van der Waals surface area contributed by atoms with Crippen LogP contribution in [0.1, 0.15) is 40.6 Å². The number of aromatic nitrogens is 4. The number of methoxy groups -OCH3 is 1. The summed E-state index contributed by atoms with van der Waals surface area (Å²) in [5.41, 5.74) is 7.85. The summed E-state index contributed by atoms with van der Waals surface area (Å²) < 4.78 is 5.28. The van der Waals surface area contributed by atoms with Crippen molar-refractivity contribution in [3.05, 3.63) is 41.3 Å². The molecule has 0 atom stereocenters. The van der Waals surface area contributed by atoms with Gasteiger partial charge >= 0.3 is 0 Å². The average Bonchev–Trinajstić information content (AvgIpc) is 3.12. The number of H-pyrrole nitrogens is 1. The summed E-state index contributed by atoms with van der Waals surface area (Å²) in [5.74, 6) is 2.07. The van der Waals surface area contributed by atoms with Gasteiger partial charge in [0, 0.05) is 36.2 Å². The molecule has 4 rings (SSSR count). The third-order valence-corrected chi connectivity index (χ3v) is 5.06. The predicted octanol–water partition coefficient (Wildman–Crippen LogP) is 2.27. The summed E-state index contributed by atoms with van der Waals surface area (Å²) in [7, 11) is 1.62. The van der Waals surface area contributed by atoms with E-state index in [-0.39, 0.29) is 17.8 Å². The normalized spacial score (nSPS) is 15.3. The van der Waals surface area contributed by atoms with Gasteiger partial charge in [-0.1, -0.05) is 0 Å².